The highest BCUT2D eigenvalue weighted by molar-refractivity contribution is 5.28. The molecular weight excluding hydrogens is 268 g/mol. The maximum atomic E-state index is 9.84. The third-order valence-electron chi connectivity index (χ3n) is 3.28. The van der Waals surface area contributed by atoms with Crippen LogP contribution in [0.5, 0.6) is 0 Å². The number of hydrogen-bond acceptors (Lipinski definition) is 4. The van der Waals surface area contributed by atoms with Crippen LogP contribution >= 0.6 is 0 Å². The lowest BCUT2D eigenvalue weighted by molar-refractivity contribution is -0.0515. The first-order valence-corrected chi connectivity index (χ1v) is 7.14. The van der Waals surface area contributed by atoms with Crippen LogP contribution in [0, 0.1) is 0 Å². The largest absolute Gasteiger partial charge is 0.489 e. The normalized spacial score (nSPS) is 19.7. The van der Waals surface area contributed by atoms with E-state index in [2.05, 4.69) is 0 Å². The predicted octanol–water partition coefficient (Wildman–Crippen LogP) is 2.79. The molecule has 2 unspecified atom stereocenters. The van der Waals surface area contributed by atoms with Gasteiger partial charge < -0.3 is 19.3 Å². The lowest BCUT2D eigenvalue weighted by Crippen LogP contribution is -2.23. The first kappa shape index (κ1) is 15.8. The fourth-order valence-electron chi connectivity index (χ4n) is 2.24. The Kier molecular flexibility index (Phi) is 5.99. The second kappa shape index (κ2) is 7.98. The molecule has 0 radical (unpaired) electrons. The molecule has 1 N–H and O–H groups in total. The van der Waals surface area contributed by atoms with Gasteiger partial charge in [-0.15, -0.1) is 0 Å². The molecule has 21 heavy (non-hydrogen) atoms. The van der Waals surface area contributed by atoms with E-state index >= 15 is 0 Å². The summed E-state index contributed by atoms with van der Waals surface area (Å²) >= 11 is 0. The van der Waals surface area contributed by atoms with Gasteiger partial charge in [0.15, 0.2) is 6.29 Å². The maximum absolute atomic E-state index is 9.84. The molecule has 0 heterocycles. The van der Waals surface area contributed by atoms with Crippen LogP contribution in [0.25, 0.3) is 0 Å². The van der Waals surface area contributed by atoms with Gasteiger partial charge in [-0.3, -0.25) is 0 Å². The summed E-state index contributed by atoms with van der Waals surface area (Å²) in [5.74, 6) is 0.703. The molecule has 1 aliphatic rings. The van der Waals surface area contributed by atoms with Crippen LogP contribution in [0.3, 0.4) is 0 Å². The SMILES string of the molecule is CCOC1C=C(OCc2ccccc2)C=C(C(O)OC)C1. The summed E-state index contributed by atoms with van der Waals surface area (Å²) in [5.41, 5.74) is 1.86. The van der Waals surface area contributed by atoms with Gasteiger partial charge in [0, 0.05) is 20.1 Å². The lowest BCUT2D eigenvalue weighted by Gasteiger charge is -2.24. The van der Waals surface area contributed by atoms with Crippen molar-refractivity contribution in [3.8, 4) is 0 Å². The van der Waals surface area contributed by atoms with Gasteiger partial charge >= 0.3 is 0 Å². The van der Waals surface area contributed by atoms with Crippen LogP contribution < -0.4 is 0 Å². The summed E-state index contributed by atoms with van der Waals surface area (Å²) < 4.78 is 16.4. The average molecular weight is 290 g/mol. The van der Waals surface area contributed by atoms with Gasteiger partial charge in [0.1, 0.15) is 12.4 Å². The Labute approximate surface area is 125 Å². The molecule has 1 aromatic carbocycles. The standard InChI is InChI=1S/C17H22O4/c1-3-20-15-9-14(17(18)19-2)10-16(11-15)21-12-13-7-5-4-6-8-13/h4-8,10-11,15,17-18H,3,9,12H2,1-2H3. The Morgan fingerprint density at radius 1 is 1.29 bits per heavy atom. The summed E-state index contributed by atoms with van der Waals surface area (Å²) in [6.45, 7) is 3.05. The zero-order valence-corrected chi connectivity index (χ0v) is 12.5. The molecule has 0 spiro atoms. The van der Waals surface area contributed by atoms with E-state index in [0.29, 0.717) is 25.4 Å². The Morgan fingerprint density at radius 3 is 2.71 bits per heavy atom. The fraction of sp³-hybridized carbons (Fsp3) is 0.412. The van der Waals surface area contributed by atoms with E-state index in [4.69, 9.17) is 14.2 Å². The van der Waals surface area contributed by atoms with Crippen molar-refractivity contribution in [2.75, 3.05) is 13.7 Å². The first-order valence-electron chi connectivity index (χ1n) is 7.14. The van der Waals surface area contributed by atoms with Crippen molar-refractivity contribution in [3.05, 3.63) is 59.4 Å². The Hall–Kier alpha value is -1.62. The number of methoxy groups -OCH3 is 1. The highest BCUT2D eigenvalue weighted by Crippen LogP contribution is 2.24. The first-order chi connectivity index (χ1) is 10.2. The summed E-state index contributed by atoms with van der Waals surface area (Å²) in [7, 11) is 1.48. The van der Waals surface area contributed by atoms with Crippen LogP contribution in [-0.4, -0.2) is 31.2 Å². The van der Waals surface area contributed by atoms with Gasteiger partial charge in [-0.1, -0.05) is 30.3 Å². The maximum Gasteiger partial charge on any atom is 0.177 e. The van der Waals surface area contributed by atoms with E-state index in [9.17, 15) is 5.11 Å². The minimum Gasteiger partial charge on any atom is -0.489 e. The molecule has 0 bridgehead atoms. The van der Waals surface area contributed by atoms with Crippen molar-refractivity contribution in [1.82, 2.24) is 0 Å². The number of aliphatic hydroxyl groups is 1. The van der Waals surface area contributed by atoms with Crippen molar-refractivity contribution in [1.29, 1.82) is 0 Å². The van der Waals surface area contributed by atoms with Gasteiger partial charge in [0.2, 0.25) is 0 Å². The van der Waals surface area contributed by atoms with Crippen LogP contribution in [0.1, 0.15) is 18.9 Å². The molecule has 2 atom stereocenters. The minimum absolute atomic E-state index is 0.0921. The van der Waals surface area contributed by atoms with Crippen LogP contribution in [-0.2, 0) is 20.8 Å². The van der Waals surface area contributed by atoms with Crippen molar-refractivity contribution < 1.29 is 19.3 Å². The van der Waals surface area contributed by atoms with Crippen molar-refractivity contribution in [2.24, 2.45) is 0 Å². The topological polar surface area (TPSA) is 47.9 Å². The third-order valence-corrected chi connectivity index (χ3v) is 3.28. The molecule has 0 saturated carbocycles. The molecule has 0 saturated heterocycles. The number of allylic oxidation sites excluding steroid dienone is 1. The fourth-order valence-corrected chi connectivity index (χ4v) is 2.24. The van der Waals surface area contributed by atoms with E-state index in [0.717, 1.165) is 11.1 Å². The molecular formula is C17H22O4. The van der Waals surface area contributed by atoms with Gasteiger partial charge in [0.25, 0.3) is 0 Å². The second-order valence-electron chi connectivity index (χ2n) is 4.85. The number of hydrogen-bond donors (Lipinski definition) is 1. The van der Waals surface area contributed by atoms with Crippen LogP contribution in [0.4, 0.5) is 0 Å². The van der Waals surface area contributed by atoms with Crippen LogP contribution in [0.15, 0.2) is 53.8 Å². The molecule has 4 nitrogen and oxygen atoms in total. The molecule has 0 fully saturated rings. The van der Waals surface area contributed by atoms with E-state index in [1.807, 2.05) is 49.4 Å². The molecule has 4 heteroatoms. The molecule has 1 aliphatic carbocycles. The van der Waals surface area contributed by atoms with Gasteiger partial charge in [0.05, 0.1) is 6.10 Å². The summed E-state index contributed by atoms with van der Waals surface area (Å²) in [4.78, 5) is 0. The van der Waals surface area contributed by atoms with E-state index in [-0.39, 0.29) is 6.10 Å². The van der Waals surface area contributed by atoms with Crippen molar-refractivity contribution in [2.45, 2.75) is 32.3 Å². The highest BCUT2D eigenvalue weighted by atomic mass is 16.6. The lowest BCUT2D eigenvalue weighted by atomic mass is 10.0. The highest BCUT2D eigenvalue weighted by Gasteiger charge is 2.21. The van der Waals surface area contributed by atoms with E-state index in [1.54, 1.807) is 0 Å². The van der Waals surface area contributed by atoms with Gasteiger partial charge in [-0.2, -0.15) is 0 Å². The van der Waals surface area contributed by atoms with Crippen molar-refractivity contribution >= 4 is 0 Å². The number of benzene rings is 1. The minimum atomic E-state index is -0.919. The molecule has 1 aromatic rings. The number of aliphatic hydroxyl groups excluding tert-OH is 1. The van der Waals surface area contributed by atoms with E-state index in [1.165, 1.54) is 7.11 Å². The Morgan fingerprint density at radius 2 is 2.05 bits per heavy atom. The molecule has 0 aliphatic heterocycles. The smallest absolute Gasteiger partial charge is 0.177 e. The zero-order valence-electron chi connectivity index (χ0n) is 12.5. The molecule has 0 amide bonds. The molecule has 2 rings (SSSR count). The summed E-state index contributed by atoms with van der Waals surface area (Å²) in [6.07, 6.45) is 3.37. The molecule has 0 aromatic heterocycles. The van der Waals surface area contributed by atoms with Crippen LogP contribution in [0.2, 0.25) is 0 Å². The van der Waals surface area contributed by atoms with E-state index < -0.39 is 6.29 Å². The van der Waals surface area contributed by atoms with Gasteiger partial charge in [-0.05, 0) is 30.2 Å². The zero-order chi connectivity index (χ0) is 15.1. The summed E-state index contributed by atoms with van der Waals surface area (Å²) in [5, 5.41) is 9.84. The predicted molar refractivity (Wildman–Crippen MR) is 80.4 cm³/mol. The Bertz CT molecular complexity index is 493. The number of ether oxygens (including phenoxy) is 3. The number of rotatable bonds is 7. The van der Waals surface area contributed by atoms with Gasteiger partial charge in [-0.25, -0.2) is 0 Å². The molecule has 114 valence electrons. The quantitative estimate of drug-likeness (QED) is 0.784. The average Bonchev–Trinajstić information content (AvgIpc) is 2.53. The third kappa shape index (κ3) is 4.70. The monoisotopic (exact) mass is 290 g/mol. The summed E-state index contributed by atoms with van der Waals surface area (Å²) in [6, 6.07) is 9.96. The second-order valence-corrected chi connectivity index (χ2v) is 4.85. The Balaban J connectivity index is 2.05. The van der Waals surface area contributed by atoms with Crippen molar-refractivity contribution in [3.63, 3.8) is 0 Å².